The summed E-state index contributed by atoms with van der Waals surface area (Å²) in [5, 5.41) is 7.21. The maximum absolute atomic E-state index is 11.6. The molecule has 6 heteroatoms. The molecule has 1 saturated heterocycles. The van der Waals surface area contributed by atoms with Crippen LogP contribution in [0.4, 0.5) is 0 Å². The molecule has 16 heavy (non-hydrogen) atoms. The summed E-state index contributed by atoms with van der Waals surface area (Å²) >= 11 is 0. The van der Waals surface area contributed by atoms with Crippen molar-refractivity contribution in [2.45, 2.75) is 19.0 Å². The fraction of sp³-hybridized carbons (Fsp3) is 0.500. The quantitative estimate of drug-likeness (QED) is 0.684. The van der Waals surface area contributed by atoms with Gasteiger partial charge >= 0.3 is 0 Å². The zero-order valence-electron chi connectivity index (χ0n) is 9.30. The van der Waals surface area contributed by atoms with E-state index in [0.29, 0.717) is 6.54 Å². The normalized spacial score (nSPS) is 20.9. The molecule has 1 atom stereocenters. The van der Waals surface area contributed by atoms with Gasteiger partial charge < -0.3 is 0 Å². The number of nitrogens with one attached hydrogen (secondary N) is 1. The number of rotatable bonds is 3. The molecule has 0 radical (unpaired) electrons. The largest absolute Gasteiger partial charge is 0.300 e. The number of nitrogens with zero attached hydrogens (tertiary/aromatic N) is 3. The first-order chi connectivity index (χ1) is 7.58. The van der Waals surface area contributed by atoms with Gasteiger partial charge in [-0.1, -0.05) is 0 Å². The van der Waals surface area contributed by atoms with Crippen LogP contribution in [0.25, 0.3) is 0 Å². The Labute approximate surface area is 93.2 Å². The third-order valence-corrected chi connectivity index (χ3v) is 2.68. The second-order valence-corrected chi connectivity index (χ2v) is 3.91. The van der Waals surface area contributed by atoms with Gasteiger partial charge in [0.05, 0.1) is 18.2 Å². The van der Waals surface area contributed by atoms with Gasteiger partial charge in [-0.25, -0.2) is 0 Å². The Kier molecular flexibility index (Phi) is 2.74. The third-order valence-electron chi connectivity index (χ3n) is 2.68. The number of imide groups is 1. The van der Waals surface area contributed by atoms with Gasteiger partial charge in [0.2, 0.25) is 11.8 Å². The average molecular weight is 222 g/mol. The van der Waals surface area contributed by atoms with Crippen molar-refractivity contribution >= 4 is 11.8 Å². The molecular formula is C10H14N4O2. The van der Waals surface area contributed by atoms with Crippen LogP contribution in [-0.4, -0.2) is 39.6 Å². The lowest BCUT2D eigenvalue weighted by atomic mass is 10.2. The summed E-state index contributed by atoms with van der Waals surface area (Å²) in [6.45, 7) is 0.498. The van der Waals surface area contributed by atoms with Crippen LogP contribution in [0.1, 0.15) is 12.1 Å². The molecule has 1 aliphatic heterocycles. The lowest BCUT2D eigenvalue weighted by Crippen LogP contribution is -2.36. The number of carbonyl (C=O) groups is 2. The highest BCUT2D eigenvalue weighted by Crippen LogP contribution is 2.10. The monoisotopic (exact) mass is 222 g/mol. The predicted octanol–water partition coefficient (Wildman–Crippen LogP) is -0.733. The van der Waals surface area contributed by atoms with E-state index in [1.165, 1.54) is 7.05 Å². The summed E-state index contributed by atoms with van der Waals surface area (Å²) in [4.78, 5) is 24.0. The van der Waals surface area contributed by atoms with Crippen LogP contribution in [0, 0.1) is 0 Å². The molecule has 1 fully saturated rings. The highest BCUT2D eigenvalue weighted by atomic mass is 16.2. The van der Waals surface area contributed by atoms with E-state index in [-0.39, 0.29) is 18.2 Å². The first-order valence-corrected chi connectivity index (χ1v) is 5.10. The molecule has 0 aliphatic carbocycles. The minimum absolute atomic E-state index is 0.136. The van der Waals surface area contributed by atoms with E-state index >= 15 is 0 Å². The molecule has 2 heterocycles. The average Bonchev–Trinajstić information content (AvgIpc) is 2.76. The van der Waals surface area contributed by atoms with Crippen molar-refractivity contribution in [3.05, 3.63) is 18.0 Å². The van der Waals surface area contributed by atoms with Crippen LogP contribution in [0.5, 0.6) is 0 Å². The lowest BCUT2D eigenvalue weighted by Gasteiger charge is -2.09. The van der Waals surface area contributed by atoms with Gasteiger partial charge in [-0.05, 0) is 6.07 Å². The molecule has 1 aromatic heterocycles. The highest BCUT2D eigenvalue weighted by Gasteiger charge is 2.35. The molecular weight excluding hydrogens is 208 g/mol. The summed E-state index contributed by atoms with van der Waals surface area (Å²) < 4.78 is 1.70. The number of likely N-dealkylation sites (tertiary alicyclic amines) is 1. The zero-order chi connectivity index (χ0) is 11.7. The first kappa shape index (κ1) is 10.8. The Morgan fingerprint density at radius 2 is 2.25 bits per heavy atom. The molecule has 6 nitrogen and oxygen atoms in total. The number of amides is 2. The van der Waals surface area contributed by atoms with Crippen molar-refractivity contribution in [1.29, 1.82) is 0 Å². The summed E-state index contributed by atoms with van der Waals surface area (Å²) in [6.07, 6.45) is 2.08. The van der Waals surface area contributed by atoms with E-state index in [4.69, 9.17) is 0 Å². The Bertz CT molecular complexity index is 426. The van der Waals surface area contributed by atoms with E-state index in [9.17, 15) is 9.59 Å². The molecule has 2 amide bonds. The van der Waals surface area contributed by atoms with E-state index in [1.54, 1.807) is 4.68 Å². The Morgan fingerprint density at radius 1 is 1.50 bits per heavy atom. The van der Waals surface area contributed by atoms with Gasteiger partial charge in [0, 0.05) is 26.8 Å². The Balaban J connectivity index is 1.92. The van der Waals surface area contributed by atoms with E-state index in [2.05, 4.69) is 10.4 Å². The number of aromatic nitrogens is 2. The van der Waals surface area contributed by atoms with Gasteiger partial charge in [0.25, 0.3) is 0 Å². The number of likely N-dealkylation sites (N-methyl/N-ethyl adjacent to an activating group) is 1. The van der Waals surface area contributed by atoms with Gasteiger partial charge in [-0.15, -0.1) is 0 Å². The van der Waals surface area contributed by atoms with E-state index in [1.807, 2.05) is 19.3 Å². The molecule has 0 aromatic carbocycles. The fourth-order valence-corrected chi connectivity index (χ4v) is 1.70. The van der Waals surface area contributed by atoms with Crippen LogP contribution in [0.15, 0.2) is 12.3 Å². The van der Waals surface area contributed by atoms with Crippen molar-refractivity contribution in [3.63, 3.8) is 0 Å². The summed E-state index contributed by atoms with van der Waals surface area (Å²) in [5.41, 5.74) is 0.859. The molecule has 1 N–H and O–H groups in total. The molecule has 0 bridgehead atoms. The van der Waals surface area contributed by atoms with Gasteiger partial charge in [-0.3, -0.25) is 24.5 Å². The number of aryl methyl sites for hydroxylation is 1. The van der Waals surface area contributed by atoms with Crippen LogP contribution < -0.4 is 5.32 Å². The summed E-state index contributed by atoms with van der Waals surface area (Å²) in [6, 6.07) is 1.47. The molecule has 1 aliphatic rings. The second-order valence-electron chi connectivity index (χ2n) is 3.91. The fourth-order valence-electron chi connectivity index (χ4n) is 1.70. The molecule has 0 spiro atoms. The standard InChI is InChI=1S/C10H14N4O2/c1-13-4-3-7(12-13)6-11-8-5-9(15)14(2)10(8)16/h3-4,8,11H,5-6H2,1-2H3. The Hall–Kier alpha value is -1.69. The van der Waals surface area contributed by atoms with Gasteiger partial charge in [0.1, 0.15) is 0 Å². The second kappa shape index (κ2) is 4.05. The summed E-state index contributed by atoms with van der Waals surface area (Å²) in [5.74, 6) is -0.301. The van der Waals surface area contributed by atoms with Crippen LogP contribution in [0.2, 0.25) is 0 Å². The maximum Gasteiger partial charge on any atom is 0.246 e. The molecule has 2 rings (SSSR count). The van der Waals surface area contributed by atoms with E-state index < -0.39 is 6.04 Å². The Morgan fingerprint density at radius 3 is 2.75 bits per heavy atom. The van der Waals surface area contributed by atoms with Crippen molar-refractivity contribution in [3.8, 4) is 0 Å². The number of hydrogen-bond acceptors (Lipinski definition) is 4. The topological polar surface area (TPSA) is 67.2 Å². The van der Waals surface area contributed by atoms with Gasteiger partial charge in [0.15, 0.2) is 0 Å². The zero-order valence-corrected chi connectivity index (χ0v) is 9.30. The van der Waals surface area contributed by atoms with Crippen LogP contribution in [0.3, 0.4) is 0 Å². The van der Waals surface area contributed by atoms with Gasteiger partial charge in [-0.2, -0.15) is 5.10 Å². The highest BCUT2D eigenvalue weighted by molar-refractivity contribution is 6.05. The predicted molar refractivity (Wildman–Crippen MR) is 56.2 cm³/mol. The van der Waals surface area contributed by atoms with Crippen LogP contribution >= 0.6 is 0 Å². The van der Waals surface area contributed by atoms with E-state index in [0.717, 1.165) is 10.6 Å². The number of carbonyl (C=O) groups excluding carboxylic acids is 2. The first-order valence-electron chi connectivity index (χ1n) is 5.10. The molecule has 1 aromatic rings. The smallest absolute Gasteiger partial charge is 0.246 e. The minimum atomic E-state index is -0.403. The van der Waals surface area contributed by atoms with Crippen molar-refractivity contribution < 1.29 is 9.59 Å². The SMILES string of the molecule is CN1C(=O)CC(NCc2ccn(C)n2)C1=O. The minimum Gasteiger partial charge on any atom is -0.300 e. The van der Waals surface area contributed by atoms with Crippen molar-refractivity contribution in [1.82, 2.24) is 20.0 Å². The number of hydrogen-bond donors (Lipinski definition) is 1. The molecule has 86 valence electrons. The lowest BCUT2D eigenvalue weighted by molar-refractivity contribution is -0.137. The third kappa shape index (κ3) is 1.96. The molecule has 0 saturated carbocycles. The maximum atomic E-state index is 11.6. The van der Waals surface area contributed by atoms with Crippen molar-refractivity contribution in [2.75, 3.05) is 7.05 Å². The van der Waals surface area contributed by atoms with Crippen molar-refractivity contribution in [2.24, 2.45) is 7.05 Å². The molecule has 1 unspecified atom stereocenters. The van der Waals surface area contributed by atoms with Crippen LogP contribution in [-0.2, 0) is 23.2 Å². The summed E-state index contributed by atoms with van der Waals surface area (Å²) in [7, 11) is 3.34.